The van der Waals surface area contributed by atoms with E-state index in [2.05, 4.69) is 5.32 Å². The molecular formula is C15H21F4NO. The molecule has 1 rings (SSSR count). The highest BCUT2D eigenvalue weighted by atomic mass is 19.4. The van der Waals surface area contributed by atoms with Gasteiger partial charge in [-0.1, -0.05) is 19.9 Å². The summed E-state index contributed by atoms with van der Waals surface area (Å²) < 4.78 is 56.5. The van der Waals surface area contributed by atoms with Crippen LogP contribution in [-0.4, -0.2) is 20.3 Å². The van der Waals surface area contributed by atoms with Gasteiger partial charge in [0.1, 0.15) is 5.82 Å². The molecule has 2 nitrogen and oxygen atoms in total. The standard InChI is InChI=1S/C15H21F4NO/c1-14(2,6-7-21-3)10-20-9-11-4-5-12(16)8-13(11)15(17,18)19/h4-5,8,20H,6-7,9-10H2,1-3H3. The Hall–Kier alpha value is -1.14. The lowest BCUT2D eigenvalue weighted by atomic mass is 9.89. The highest BCUT2D eigenvalue weighted by Gasteiger charge is 2.33. The zero-order valence-corrected chi connectivity index (χ0v) is 12.5. The van der Waals surface area contributed by atoms with Crippen molar-refractivity contribution in [3.8, 4) is 0 Å². The molecule has 0 aliphatic heterocycles. The Morgan fingerprint density at radius 2 is 1.86 bits per heavy atom. The topological polar surface area (TPSA) is 21.3 Å². The predicted octanol–water partition coefficient (Wildman–Crippen LogP) is 4.00. The Labute approximate surface area is 122 Å². The van der Waals surface area contributed by atoms with Crippen molar-refractivity contribution in [3.05, 3.63) is 35.1 Å². The van der Waals surface area contributed by atoms with Crippen LogP contribution in [0.25, 0.3) is 0 Å². The maximum Gasteiger partial charge on any atom is 0.416 e. The summed E-state index contributed by atoms with van der Waals surface area (Å²) >= 11 is 0. The molecule has 0 aliphatic rings. The second-order valence-electron chi connectivity index (χ2n) is 5.81. The molecule has 0 fully saturated rings. The Balaban J connectivity index is 2.68. The normalized spacial score (nSPS) is 12.7. The number of rotatable bonds is 7. The van der Waals surface area contributed by atoms with Crippen LogP contribution >= 0.6 is 0 Å². The van der Waals surface area contributed by atoms with E-state index >= 15 is 0 Å². The van der Waals surface area contributed by atoms with Gasteiger partial charge in [0.25, 0.3) is 0 Å². The first kappa shape index (κ1) is 17.9. The molecule has 0 atom stereocenters. The van der Waals surface area contributed by atoms with Gasteiger partial charge in [-0.2, -0.15) is 13.2 Å². The van der Waals surface area contributed by atoms with Gasteiger partial charge in [0.2, 0.25) is 0 Å². The minimum absolute atomic E-state index is 0.0472. The van der Waals surface area contributed by atoms with Crippen molar-refractivity contribution in [1.29, 1.82) is 0 Å². The van der Waals surface area contributed by atoms with Gasteiger partial charge in [0, 0.05) is 26.8 Å². The molecule has 0 saturated carbocycles. The second kappa shape index (κ2) is 7.22. The number of halogens is 4. The minimum Gasteiger partial charge on any atom is -0.385 e. The van der Waals surface area contributed by atoms with Crippen molar-refractivity contribution < 1.29 is 22.3 Å². The smallest absolute Gasteiger partial charge is 0.385 e. The molecule has 21 heavy (non-hydrogen) atoms. The lowest BCUT2D eigenvalue weighted by Crippen LogP contribution is -2.30. The van der Waals surface area contributed by atoms with Gasteiger partial charge in [0.15, 0.2) is 0 Å². The van der Waals surface area contributed by atoms with Crippen LogP contribution in [-0.2, 0) is 17.5 Å². The maximum absolute atomic E-state index is 13.0. The molecular weight excluding hydrogens is 286 g/mol. The fourth-order valence-electron chi connectivity index (χ4n) is 1.97. The monoisotopic (exact) mass is 307 g/mol. The van der Waals surface area contributed by atoms with Gasteiger partial charge >= 0.3 is 6.18 Å². The van der Waals surface area contributed by atoms with E-state index in [1.165, 1.54) is 6.07 Å². The molecule has 0 saturated heterocycles. The largest absolute Gasteiger partial charge is 0.416 e. The molecule has 0 bridgehead atoms. The van der Waals surface area contributed by atoms with Crippen LogP contribution in [0.15, 0.2) is 18.2 Å². The van der Waals surface area contributed by atoms with Crippen molar-refractivity contribution >= 4 is 0 Å². The van der Waals surface area contributed by atoms with Crippen LogP contribution < -0.4 is 5.32 Å². The molecule has 1 aromatic carbocycles. The molecule has 120 valence electrons. The third-order valence-corrected chi connectivity index (χ3v) is 3.28. The van der Waals surface area contributed by atoms with E-state index < -0.39 is 17.6 Å². The van der Waals surface area contributed by atoms with E-state index in [0.717, 1.165) is 12.5 Å². The number of benzene rings is 1. The summed E-state index contributed by atoms with van der Waals surface area (Å²) in [4.78, 5) is 0. The van der Waals surface area contributed by atoms with Gasteiger partial charge in [-0.3, -0.25) is 0 Å². The molecule has 0 amide bonds. The van der Waals surface area contributed by atoms with Crippen molar-refractivity contribution in [2.75, 3.05) is 20.3 Å². The molecule has 0 heterocycles. The SMILES string of the molecule is COCCC(C)(C)CNCc1ccc(F)cc1C(F)(F)F. The average molecular weight is 307 g/mol. The van der Waals surface area contributed by atoms with E-state index in [9.17, 15) is 17.6 Å². The number of methoxy groups -OCH3 is 1. The van der Waals surface area contributed by atoms with Crippen LogP contribution in [0.3, 0.4) is 0 Å². The maximum atomic E-state index is 13.0. The summed E-state index contributed by atoms with van der Waals surface area (Å²) in [5, 5.41) is 3.00. The summed E-state index contributed by atoms with van der Waals surface area (Å²) in [7, 11) is 1.61. The van der Waals surface area contributed by atoms with E-state index in [0.29, 0.717) is 19.2 Å². The Bertz CT molecular complexity index is 457. The number of nitrogens with one attached hydrogen (secondary N) is 1. The van der Waals surface area contributed by atoms with E-state index in [1.54, 1.807) is 7.11 Å². The number of ether oxygens (including phenoxy) is 1. The number of alkyl halides is 3. The van der Waals surface area contributed by atoms with Crippen molar-refractivity contribution in [1.82, 2.24) is 5.32 Å². The molecule has 1 N–H and O–H groups in total. The van der Waals surface area contributed by atoms with Gasteiger partial charge < -0.3 is 10.1 Å². The van der Waals surface area contributed by atoms with Crippen LogP contribution in [0.2, 0.25) is 0 Å². The molecule has 0 aliphatic carbocycles. The minimum atomic E-state index is -4.55. The number of hydrogen-bond donors (Lipinski definition) is 1. The zero-order chi connectivity index (χ0) is 16.1. The molecule has 0 aromatic heterocycles. The van der Waals surface area contributed by atoms with Crippen LogP contribution in [0, 0.1) is 11.2 Å². The molecule has 0 unspecified atom stereocenters. The highest BCUT2D eigenvalue weighted by molar-refractivity contribution is 5.30. The number of hydrogen-bond acceptors (Lipinski definition) is 2. The van der Waals surface area contributed by atoms with Gasteiger partial charge in [0.05, 0.1) is 5.56 Å². The van der Waals surface area contributed by atoms with E-state index in [4.69, 9.17) is 4.74 Å². The third kappa shape index (κ3) is 6.01. The van der Waals surface area contributed by atoms with E-state index in [-0.39, 0.29) is 17.5 Å². The summed E-state index contributed by atoms with van der Waals surface area (Å²) in [6, 6.07) is 2.75. The van der Waals surface area contributed by atoms with Gasteiger partial charge in [-0.25, -0.2) is 4.39 Å². The van der Waals surface area contributed by atoms with Crippen molar-refractivity contribution in [3.63, 3.8) is 0 Å². The predicted molar refractivity (Wildman–Crippen MR) is 73.4 cm³/mol. The molecule has 0 radical (unpaired) electrons. The second-order valence-corrected chi connectivity index (χ2v) is 5.81. The average Bonchev–Trinajstić information content (AvgIpc) is 2.37. The van der Waals surface area contributed by atoms with Crippen LogP contribution in [0.5, 0.6) is 0 Å². The van der Waals surface area contributed by atoms with Gasteiger partial charge in [-0.15, -0.1) is 0 Å². The first-order valence-corrected chi connectivity index (χ1v) is 6.71. The Kier molecular flexibility index (Phi) is 6.16. The van der Waals surface area contributed by atoms with E-state index in [1.807, 2.05) is 13.8 Å². The first-order chi connectivity index (χ1) is 9.65. The molecule has 6 heteroatoms. The van der Waals surface area contributed by atoms with Crippen LogP contribution in [0.1, 0.15) is 31.4 Å². The van der Waals surface area contributed by atoms with Crippen molar-refractivity contribution in [2.24, 2.45) is 5.41 Å². The fraction of sp³-hybridized carbons (Fsp3) is 0.600. The quantitative estimate of drug-likeness (QED) is 0.769. The summed E-state index contributed by atoms with van der Waals surface area (Å²) in [5.74, 6) is -0.883. The highest BCUT2D eigenvalue weighted by Crippen LogP contribution is 2.32. The fourth-order valence-corrected chi connectivity index (χ4v) is 1.97. The molecule has 1 aromatic rings. The summed E-state index contributed by atoms with van der Waals surface area (Å²) in [5.41, 5.74) is -0.967. The third-order valence-electron chi connectivity index (χ3n) is 3.28. The Morgan fingerprint density at radius 1 is 1.19 bits per heavy atom. The van der Waals surface area contributed by atoms with Crippen LogP contribution in [0.4, 0.5) is 17.6 Å². The van der Waals surface area contributed by atoms with Gasteiger partial charge in [-0.05, 0) is 29.5 Å². The molecule has 0 spiro atoms. The lowest BCUT2D eigenvalue weighted by molar-refractivity contribution is -0.138. The summed E-state index contributed by atoms with van der Waals surface area (Å²) in [6.07, 6.45) is -3.75. The zero-order valence-electron chi connectivity index (χ0n) is 12.5. The Morgan fingerprint density at radius 3 is 2.43 bits per heavy atom. The summed E-state index contributed by atoms with van der Waals surface area (Å²) in [6.45, 7) is 5.21. The van der Waals surface area contributed by atoms with Crippen molar-refractivity contribution in [2.45, 2.75) is 33.0 Å². The lowest BCUT2D eigenvalue weighted by Gasteiger charge is -2.25. The first-order valence-electron chi connectivity index (χ1n) is 6.71.